The Kier molecular flexibility index (Phi) is 5.33. The second-order valence-corrected chi connectivity index (χ2v) is 4.92. The Hall–Kier alpha value is -0.220. The van der Waals surface area contributed by atoms with Gasteiger partial charge in [0.2, 0.25) is 0 Å². The van der Waals surface area contributed by atoms with Crippen molar-refractivity contribution >= 4 is 16.9 Å². The van der Waals surface area contributed by atoms with Gasteiger partial charge in [-0.2, -0.15) is 0 Å². The third-order valence-electron chi connectivity index (χ3n) is 2.26. The minimum Gasteiger partial charge on any atom is -0.383 e. The summed E-state index contributed by atoms with van der Waals surface area (Å²) < 4.78 is 5.18. The van der Waals surface area contributed by atoms with Crippen molar-refractivity contribution in [2.45, 2.75) is 26.3 Å². The van der Waals surface area contributed by atoms with Gasteiger partial charge in [0.05, 0.1) is 12.6 Å². The molecule has 1 atom stereocenters. The van der Waals surface area contributed by atoms with Gasteiger partial charge in [-0.1, -0.05) is 25.6 Å². The molecule has 3 nitrogen and oxygen atoms in total. The Bertz CT molecular complexity index is 195. The van der Waals surface area contributed by atoms with Crippen LogP contribution in [0.15, 0.2) is 4.99 Å². The summed E-state index contributed by atoms with van der Waals surface area (Å²) in [5.41, 5.74) is 0. The van der Waals surface area contributed by atoms with Crippen LogP contribution in [0.3, 0.4) is 0 Å². The summed E-state index contributed by atoms with van der Waals surface area (Å²) in [4.78, 5) is 4.45. The van der Waals surface area contributed by atoms with Crippen LogP contribution in [0.2, 0.25) is 0 Å². The Balaban J connectivity index is 2.41. The van der Waals surface area contributed by atoms with E-state index in [2.05, 4.69) is 24.2 Å². The van der Waals surface area contributed by atoms with Crippen molar-refractivity contribution in [2.75, 3.05) is 26.0 Å². The first-order valence-electron chi connectivity index (χ1n) is 5.16. The first-order valence-corrected chi connectivity index (χ1v) is 6.15. The van der Waals surface area contributed by atoms with Gasteiger partial charge in [0.15, 0.2) is 5.17 Å². The van der Waals surface area contributed by atoms with E-state index in [-0.39, 0.29) is 0 Å². The average Bonchev–Trinajstić information content (AvgIpc) is 2.18. The smallest absolute Gasteiger partial charge is 0.156 e. The van der Waals surface area contributed by atoms with Crippen LogP contribution in [0, 0.1) is 5.92 Å². The molecule has 1 rings (SSSR count). The van der Waals surface area contributed by atoms with Crippen molar-refractivity contribution < 1.29 is 4.74 Å². The van der Waals surface area contributed by atoms with E-state index in [4.69, 9.17) is 4.74 Å². The van der Waals surface area contributed by atoms with Crippen LogP contribution in [-0.2, 0) is 4.74 Å². The number of rotatable bonds is 4. The molecule has 0 saturated carbocycles. The van der Waals surface area contributed by atoms with Gasteiger partial charge >= 0.3 is 0 Å². The molecule has 14 heavy (non-hydrogen) atoms. The fourth-order valence-corrected chi connectivity index (χ4v) is 2.17. The molecule has 1 aliphatic heterocycles. The Morgan fingerprint density at radius 1 is 1.57 bits per heavy atom. The van der Waals surface area contributed by atoms with Crippen LogP contribution in [0.5, 0.6) is 0 Å². The summed E-state index contributed by atoms with van der Waals surface area (Å²) in [7, 11) is 1.74. The molecule has 0 bridgehead atoms. The zero-order chi connectivity index (χ0) is 10.4. The Morgan fingerprint density at radius 3 is 2.86 bits per heavy atom. The molecule has 0 aliphatic carbocycles. The maximum Gasteiger partial charge on any atom is 0.156 e. The minimum absolute atomic E-state index is 0.379. The van der Waals surface area contributed by atoms with E-state index in [0.29, 0.717) is 12.0 Å². The first kappa shape index (κ1) is 11.9. The van der Waals surface area contributed by atoms with E-state index in [9.17, 15) is 0 Å². The summed E-state index contributed by atoms with van der Waals surface area (Å²) in [6.07, 6.45) is 1.20. The van der Waals surface area contributed by atoms with E-state index in [0.717, 1.165) is 18.3 Å². The van der Waals surface area contributed by atoms with Crippen LogP contribution in [0.4, 0.5) is 0 Å². The van der Waals surface area contributed by atoms with Crippen LogP contribution < -0.4 is 5.32 Å². The fourth-order valence-electron chi connectivity index (χ4n) is 1.29. The quantitative estimate of drug-likeness (QED) is 0.777. The zero-order valence-corrected chi connectivity index (χ0v) is 10.1. The van der Waals surface area contributed by atoms with Gasteiger partial charge in [0.25, 0.3) is 0 Å². The SMILES string of the molecule is COCC(NC1=NCCCS1)C(C)C. The molecule has 4 heteroatoms. The van der Waals surface area contributed by atoms with Crippen LogP contribution >= 0.6 is 11.8 Å². The number of ether oxygens (including phenoxy) is 1. The van der Waals surface area contributed by atoms with Gasteiger partial charge < -0.3 is 10.1 Å². The predicted molar refractivity (Wildman–Crippen MR) is 63.0 cm³/mol. The molecule has 1 aliphatic rings. The van der Waals surface area contributed by atoms with E-state index in [1.165, 1.54) is 12.2 Å². The molecule has 0 aromatic rings. The monoisotopic (exact) mass is 216 g/mol. The summed E-state index contributed by atoms with van der Waals surface area (Å²) in [5.74, 6) is 1.75. The van der Waals surface area contributed by atoms with E-state index in [1.54, 1.807) is 7.11 Å². The number of amidine groups is 1. The highest BCUT2D eigenvalue weighted by molar-refractivity contribution is 8.13. The molecule has 0 amide bonds. The number of hydrogen-bond acceptors (Lipinski definition) is 4. The van der Waals surface area contributed by atoms with Gasteiger partial charge in [-0.3, -0.25) is 4.99 Å². The lowest BCUT2D eigenvalue weighted by atomic mass is 10.1. The van der Waals surface area contributed by atoms with Crippen molar-refractivity contribution in [2.24, 2.45) is 10.9 Å². The average molecular weight is 216 g/mol. The lowest BCUT2D eigenvalue weighted by Gasteiger charge is -2.24. The highest BCUT2D eigenvalue weighted by atomic mass is 32.2. The van der Waals surface area contributed by atoms with Gasteiger partial charge in [0, 0.05) is 19.4 Å². The molecule has 82 valence electrons. The summed E-state index contributed by atoms with van der Waals surface area (Å²) >= 11 is 1.82. The number of nitrogens with zero attached hydrogens (tertiary/aromatic N) is 1. The number of nitrogens with one attached hydrogen (secondary N) is 1. The van der Waals surface area contributed by atoms with Crippen molar-refractivity contribution in [3.63, 3.8) is 0 Å². The Labute approximate surface area is 90.7 Å². The first-order chi connectivity index (χ1) is 6.74. The highest BCUT2D eigenvalue weighted by Crippen LogP contribution is 2.12. The highest BCUT2D eigenvalue weighted by Gasteiger charge is 2.16. The minimum atomic E-state index is 0.379. The summed E-state index contributed by atoms with van der Waals surface area (Å²) in [6.45, 7) is 6.11. The molecule has 1 N–H and O–H groups in total. The molecule has 0 saturated heterocycles. The van der Waals surface area contributed by atoms with E-state index >= 15 is 0 Å². The molecular weight excluding hydrogens is 196 g/mol. The van der Waals surface area contributed by atoms with Crippen molar-refractivity contribution in [3.8, 4) is 0 Å². The lowest BCUT2D eigenvalue weighted by Crippen LogP contribution is -2.41. The molecule has 0 fully saturated rings. The summed E-state index contributed by atoms with van der Waals surface area (Å²) in [5, 5.41) is 4.53. The molecule has 0 spiro atoms. The van der Waals surface area contributed by atoms with Crippen molar-refractivity contribution in [3.05, 3.63) is 0 Å². The fraction of sp³-hybridized carbons (Fsp3) is 0.900. The van der Waals surface area contributed by atoms with Crippen LogP contribution in [0.25, 0.3) is 0 Å². The molecule has 1 heterocycles. The van der Waals surface area contributed by atoms with Gasteiger partial charge in [-0.15, -0.1) is 0 Å². The van der Waals surface area contributed by atoms with Crippen LogP contribution in [-0.4, -0.2) is 37.2 Å². The van der Waals surface area contributed by atoms with E-state index < -0.39 is 0 Å². The molecule has 0 radical (unpaired) electrons. The largest absolute Gasteiger partial charge is 0.383 e. The van der Waals surface area contributed by atoms with Crippen LogP contribution in [0.1, 0.15) is 20.3 Å². The Morgan fingerprint density at radius 2 is 2.36 bits per heavy atom. The van der Waals surface area contributed by atoms with Gasteiger partial charge in [-0.05, 0) is 12.3 Å². The topological polar surface area (TPSA) is 33.6 Å². The maximum absolute atomic E-state index is 5.18. The normalized spacial score (nSPS) is 19.3. The number of aliphatic imine (C=N–C) groups is 1. The van der Waals surface area contributed by atoms with Crippen molar-refractivity contribution in [1.82, 2.24) is 5.32 Å². The third kappa shape index (κ3) is 3.88. The third-order valence-corrected chi connectivity index (χ3v) is 3.27. The number of hydrogen-bond donors (Lipinski definition) is 1. The molecule has 0 aromatic heterocycles. The standard InChI is InChI=1S/C10H20N2OS/c1-8(2)9(7-13-3)12-10-11-5-4-6-14-10/h8-9H,4-7H2,1-3H3,(H,11,12). The summed E-state index contributed by atoms with van der Waals surface area (Å²) in [6, 6.07) is 0.379. The number of thioether (sulfide) groups is 1. The van der Waals surface area contributed by atoms with Crippen molar-refractivity contribution in [1.29, 1.82) is 0 Å². The van der Waals surface area contributed by atoms with Gasteiger partial charge in [-0.25, -0.2) is 0 Å². The zero-order valence-electron chi connectivity index (χ0n) is 9.25. The van der Waals surface area contributed by atoms with Gasteiger partial charge in [0.1, 0.15) is 0 Å². The number of methoxy groups -OCH3 is 1. The molecular formula is C10H20N2OS. The lowest BCUT2D eigenvalue weighted by molar-refractivity contribution is 0.156. The second-order valence-electron chi connectivity index (χ2n) is 3.84. The second kappa shape index (κ2) is 6.30. The molecule has 1 unspecified atom stereocenters. The molecule has 0 aromatic carbocycles. The predicted octanol–water partition coefficient (Wildman–Crippen LogP) is 1.74. The maximum atomic E-state index is 5.18. The van der Waals surface area contributed by atoms with E-state index in [1.807, 2.05) is 11.8 Å².